The lowest BCUT2D eigenvalue weighted by Crippen LogP contribution is -2.38. The van der Waals surface area contributed by atoms with Gasteiger partial charge in [0, 0.05) is 28.5 Å². The standard InChI is InChI=1S/C13H14BrClFNO/c1-8-2-3-17(12(8)7-15)13(18)9-4-10(14)6-11(16)5-9/h4-6,8,12H,2-3,7H2,1H3. The van der Waals surface area contributed by atoms with Crippen LogP contribution in [0.4, 0.5) is 4.39 Å². The van der Waals surface area contributed by atoms with Gasteiger partial charge in [0.2, 0.25) is 0 Å². The monoisotopic (exact) mass is 333 g/mol. The van der Waals surface area contributed by atoms with Crippen molar-refractivity contribution in [1.29, 1.82) is 0 Å². The second-order valence-corrected chi connectivity index (χ2v) is 5.87. The van der Waals surface area contributed by atoms with E-state index in [1.165, 1.54) is 12.1 Å². The van der Waals surface area contributed by atoms with Gasteiger partial charge in [-0.2, -0.15) is 0 Å². The molecule has 98 valence electrons. The van der Waals surface area contributed by atoms with Gasteiger partial charge in [0.1, 0.15) is 5.82 Å². The Morgan fingerprint density at radius 2 is 2.28 bits per heavy atom. The maximum Gasteiger partial charge on any atom is 0.254 e. The third-order valence-corrected chi connectivity index (χ3v) is 4.19. The van der Waals surface area contributed by atoms with Crippen molar-refractivity contribution in [3.63, 3.8) is 0 Å². The molecule has 0 aliphatic carbocycles. The number of rotatable bonds is 2. The molecule has 18 heavy (non-hydrogen) atoms. The predicted molar refractivity (Wildman–Crippen MR) is 73.4 cm³/mol. The van der Waals surface area contributed by atoms with E-state index in [1.807, 2.05) is 0 Å². The van der Waals surface area contributed by atoms with Crippen molar-refractivity contribution in [1.82, 2.24) is 4.90 Å². The summed E-state index contributed by atoms with van der Waals surface area (Å²) in [6.07, 6.45) is 0.944. The quantitative estimate of drug-likeness (QED) is 0.756. The molecule has 2 atom stereocenters. The Labute approximate surface area is 119 Å². The highest BCUT2D eigenvalue weighted by molar-refractivity contribution is 9.10. The van der Waals surface area contributed by atoms with Crippen molar-refractivity contribution in [2.45, 2.75) is 19.4 Å². The van der Waals surface area contributed by atoms with E-state index < -0.39 is 5.82 Å². The molecule has 5 heteroatoms. The van der Waals surface area contributed by atoms with Gasteiger partial charge in [-0.1, -0.05) is 22.9 Å². The van der Waals surface area contributed by atoms with Crippen molar-refractivity contribution >= 4 is 33.4 Å². The van der Waals surface area contributed by atoms with Crippen molar-refractivity contribution in [2.75, 3.05) is 12.4 Å². The SMILES string of the molecule is CC1CCN(C(=O)c2cc(F)cc(Br)c2)C1CCl. The van der Waals surface area contributed by atoms with E-state index in [-0.39, 0.29) is 11.9 Å². The fraction of sp³-hybridized carbons (Fsp3) is 0.462. The lowest BCUT2D eigenvalue weighted by Gasteiger charge is -2.25. The van der Waals surface area contributed by atoms with E-state index in [9.17, 15) is 9.18 Å². The van der Waals surface area contributed by atoms with Crippen molar-refractivity contribution in [3.05, 3.63) is 34.1 Å². The van der Waals surface area contributed by atoms with Gasteiger partial charge in [0.25, 0.3) is 5.91 Å². The molecule has 0 N–H and O–H groups in total. The minimum absolute atomic E-state index is 0.0428. The number of amides is 1. The summed E-state index contributed by atoms with van der Waals surface area (Å²) in [5, 5.41) is 0. The number of hydrogen-bond acceptors (Lipinski definition) is 1. The summed E-state index contributed by atoms with van der Waals surface area (Å²) in [4.78, 5) is 14.1. The van der Waals surface area contributed by atoms with Crippen LogP contribution in [0.2, 0.25) is 0 Å². The Hall–Kier alpha value is -0.610. The average molecular weight is 335 g/mol. The first-order chi connectivity index (χ1) is 8.52. The van der Waals surface area contributed by atoms with Gasteiger partial charge in [-0.05, 0) is 30.5 Å². The van der Waals surface area contributed by atoms with Crippen LogP contribution in [0.5, 0.6) is 0 Å². The van der Waals surface area contributed by atoms with E-state index in [4.69, 9.17) is 11.6 Å². The van der Waals surface area contributed by atoms with Crippen LogP contribution < -0.4 is 0 Å². The number of carbonyl (C=O) groups excluding carboxylic acids is 1. The second-order valence-electron chi connectivity index (χ2n) is 4.64. The van der Waals surface area contributed by atoms with Crippen LogP contribution in [0.15, 0.2) is 22.7 Å². The summed E-state index contributed by atoms with van der Waals surface area (Å²) in [7, 11) is 0. The lowest BCUT2D eigenvalue weighted by atomic mass is 10.0. The van der Waals surface area contributed by atoms with Crippen molar-refractivity contribution < 1.29 is 9.18 Å². The fourth-order valence-corrected chi connectivity index (χ4v) is 3.27. The zero-order chi connectivity index (χ0) is 13.3. The molecular formula is C13H14BrClFNO. The van der Waals surface area contributed by atoms with E-state index in [1.54, 1.807) is 11.0 Å². The van der Waals surface area contributed by atoms with Crippen LogP contribution in [0.25, 0.3) is 0 Å². The summed E-state index contributed by atoms with van der Waals surface area (Å²) in [5.41, 5.74) is 0.367. The topological polar surface area (TPSA) is 20.3 Å². The average Bonchev–Trinajstić information content (AvgIpc) is 2.68. The van der Waals surface area contributed by atoms with Gasteiger partial charge in [0.15, 0.2) is 0 Å². The fourth-order valence-electron chi connectivity index (χ4n) is 2.34. The number of carbonyl (C=O) groups is 1. The van der Waals surface area contributed by atoms with E-state index in [0.717, 1.165) is 6.42 Å². The summed E-state index contributed by atoms with van der Waals surface area (Å²) < 4.78 is 13.9. The number of halogens is 3. The normalized spacial score (nSPS) is 23.4. The number of nitrogens with zero attached hydrogens (tertiary/aromatic N) is 1. The molecule has 0 saturated carbocycles. The Bertz CT molecular complexity index is 448. The molecule has 1 aromatic rings. The van der Waals surface area contributed by atoms with Crippen LogP contribution in [0, 0.1) is 11.7 Å². The van der Waals surface area contributed by atoms with Crippen LogP contribution in [-0.4, -0.2) is 29.3 Å². The Kier molecular flexibility index (Phi) is 4.28. The first kappa shape index (κ1) is 13.8. The first-order valence-corrected chi connectivity index (χ1v) is 7.18. The molecule has 2 unspecified atom stereocenters. The smallest absolute Gasteiger partial charge is 0.254 e. The maximum absolute atomic E-state index is 13.3. The molecule has 1 amide bonds. The Morgan fingerprint density at radius 3 is 2.89 bits per heavy atom. The predicted octanol–water partition coefficient (Wildman–Crippen LogP) is 3.68. The van der Waals surface area contributed by atoms with Gasteiger partial charge in [-0.15, -0.1) is 11.6 Å². The molecule has 2 nitrogen and oxygen atoms in total. The third-order valence-electron chi connectivity index (χ3n) is 3.41. The van der Waals surface area contributed by atoms with E-state index in [0.29, 0.717) is 28.4 Å². The summed E-state index contributed by atoms with van der Waals surface area (Å²) in [5.74, 6) is 0.250. The summed E-state index contributed by atoms with van der Waals surface area (Å²) in [6, 6.07) is 4.28. The van der Waals surface area contributed by atoms with Gasteiger partial charge in [-0.3, -0.25) is 4.79 Å². The highest BCUT2D eigenvalue weighted by Crippen LogP contribution is 2.27. The highest BCUT2D eigenvalue weighted by Gasteiger charge is 2.34. The van der Waals surface area contributed by atoms with Gasteiger partial charge >= 0.3 is 0 Å². The number of alkyl halides is 1. The number of benzene rings is 1. The van der Waals surface area contributed by atoms with Crippen molar-refractivity contribution in [2.24, 2.45) is 5.92 Å². The van der Waals surface area contributed by atoms with Crippen LogP contribution in [0.3, 0.4) is 0 Å². The van der Waals surface area contributed by atoms with Gasteiger partial charge in [-0.25, -0.2) is 4.39 Å². The molecular weight excluding hydrogens is 321 g/mol. The molecule has 1 aliphatic rings. The molecule has 1 fully saturated rings. The van der Waals surface area contributed by atoms with Crippen LogP contribution in [-0.2, 0) is 0 Å². The van der Waals surface area contributed by atoms with Crippen LogP contribution in [0.1, 0.15) is 23.7 Å². The van der Waals surface area contributed by atoms with Crippen LogP contribution >= 0.6 is 27.5 Å². The molecule has 2 rings (SSSR count). The lowest BCUT2D eigenvalue weighted by molar-refractivity contribution is 0.0736. The largest absolute Gasteiger partial charge is 0.334 e. The summed E-state index contributed by atoms with van der Waals surface area (Å²) >= 11 is 9.11. The molecule has 0 aromatic heterocycles. The summed E-state index contributed by atoms with van der Waals surface area (Å²) in [6.45, 7) is 2.77. The first-order valence-electron chi connectivity index (χ1n) is 5.86. The second kappa shape index (κ2) is 5.57. The van der Waals surface area contributed by atoms with Gasteiger partial charge in [0.05, 0.1) is 0 Å². The number of hydrogen-bond donors (Lipinski definition) is 0. The molecule has 0 spiro atoms. The minimum atomic E-state index is -0.414. The van der Waals surface area contributed by atoms with E-state index >= 15 is 0 Å². The zero-order valence-corrected chi connectivity index (χ0v) is 12.3. The number of likely N-dealkylation sites (tertiary alicyclic amines) is 1. The zero-order valence-electron chi connectivity index (χ0n) is 10.00. The Morgan fingerprint density at radius 1 is 1.56 bits per heavy atom. The Balaban J connectivity index is 2.25. The van der Waals surface area contributed by atoms with Crippen molar-refractivity contribution in [3.8, 4) is 0 Å². The molecule has 1 heterocycles. The van der Waals surface area contributed by atoms with E-state index in [2.05, 4.69) is 22.9 Å². The molecule has 1 aromatic carbocycles. The molecule has 1 aliphatic heterocycles. The minimum Gasteiger partial charge on any atom is -0.334 e. The maximum atomic E-state index is 13.3. The third kappa shape index (κ3) is 2.69. The molecule has 0 bridgehead atoms. The molecule has 0 radical (unpaired) electrons. The molecule has 1 saturated heterocycles. The highest BCUT2D eigenvalue weighted by atomic mass is 79.9. The van der Waals surface area contributed by atoms with Gasteiger partial charge < -0.3 is 4.90 Å².